The van der Waals surface area contributed by atoms with E-state index in [-0.39, 0.29) is 0 Å². The number of aliphatic hydroxyl groups is 1. The Bertz CT molecular complexity index is 719. The van der Waals surface area contributed by atoms with Crippen LogP contribution in [0.25, 0.3) is 10.9 Å². The fourth-order valence-corrected chi connectivity index (χ4v) is 2.87. The SMILES string of the molecule is CO.NC1=NCC(CCc2cc3[nH]c(CCl)cc3cc2Cl)=C1. The molecule has 0 saturated carbocycles. The number of aryl methyl sites for hydroxylation is 1. The summed E-state index contributed by atoms with van der Waals surface area (Å²) >= 11 is 12.2. The Morgan fingerprint density at radius 3 is 2.68 bits per heavy atom. The van der Waals surface area contributed by atoms with Crippen LogP contribution in [0.4, 0.5) is 0 Å². The number of nitrogens with zero attached hydrogens (tertiary/aromatic N) is 1. The molecule has 0 aliphatic carbocycles. The molecule has 0 bridgehead atoms. The van der Waals surface area contributed by atoms with Gasteiger partial charge in [-0.3, -0.25) is 4.99 Å². The minimum Gasteiger partial charge on any atom is -0.400 e. The molecule has 0 unspecified atom stereocenters. The minimum absolute atomic E-state index is 0.477. The smallest absolute Gasteiger partial charge is 0.118 e. The fraction of sp³-hybridized carbons (Fsp3) is 0.312. The predicted molar refractivity (Wildman–Crippen MR) is 93.9 cm³/mol. The molecule has 1 aliphatic heterocycles. The highest BCUT2D eigenvalue weighted by molar-refractivity contribution is 6.32. The number of H-pyrrole nitrogens is 1. The van der Waals surface area contributed by atoms with Crippen LogP contribution in [0.5, 0.6) is 0 Å². The van der Waals surface area contributed by atoms with Crippen molar-refractivity contribution in [1.29, 1.82) is 0 Å². The zero-order chi connectivity index (χ0) is 16.1. The third-order valence-corrected chi connectivity index (χ3v) is 4.16. The van der Waals surface area contributed by atoms with Gasteiger partial charge >= 0.3 is 0 Å². The van der Waals surface area contributed by atoms with Crippen molar-refractivity contribution in [3.05, 3.63) is 46.1 Å². The van der Waals surface area contributed by atoms with Crippen molar-refractivity contribution >= 4 is 39.9 Å². The minimum atomic E-state index is 0.477. The van der Waals surface area contributed by atoms with E-state index in [0.717, 1.165) is 47.1 Å². The maximum atomic E-state index is 7.00. The molecule has 2 aromatic rings. The Balaban J connectivity index is 0.000000847. The number of hydrogen-bond acceptors (Lipinski definition) is 3. The van der Waals surface area contributed by atoms with Gasteiger partial charge in [-0.2, -0.15) is 0 Å². The van der Waals surface area contributed by atoms with Crippen molar-refractivity contribution in [2.24, 2.45) is 10.7 Å². The lowest BCUT2D eigenvalue weighted by Crippen LogP contribution is -2.03. The van der Waals surface area contributed by atoms with Crippen LogP contribution in [0, 0.1) is 0 Å². The highest BCUT2D eigenvalue weighted by Gasteiger charge is 2.09. The number of amidine groups is 1. The molecule has 3 rings (SSSR count). The number of aromatic amines is 1. The van der Waals surface area contributed by atoms with Gasteiger partial charge in [-0.15, -0.1) is 11.6 Å². The second kappa shape index (κ2) is 7.68. The molecule has 1 aliphatic rings. The lowest BCUT2D eigenvalue weighted by molar-refractivity contribution is 0.399. The van der Waals surface area contributed by atoms with Gasteiger partial charge in [-0.25, -0.2) is 0 Å². The lowest BCUT2D eigenvalue weighted by Gasteiger charge is -2.05. The van der Waals surface area contributed by atoms with Crippen LogP contribution < -0.4 is 5.73 Å². The number of halogens is 2. The molecule has 0 saturated heterocycles. The molecule has 4 nitrogen and oxygen atoms in total. The molecule has 0 amide bonds. The number of hydrogen-bond donors (Lipinski definition) is 3. The molecule has 118 valence electrons. The molecule has 0 fully saturated rings. The molecule has 22 heavy (non-hydrogen) atoms. The molecule has 4 N–H and O–H groups in total. The van der Waals surface area contributed by atoms with E-state index >= 15 is 0 Å². The Morgan fingerprint density at radius 2 is 2.05 bits per heavy atom. The summed E-state index contributed by atoms with van der Waals surface area (Å²) in [6.45, 7) is 0.713. The first-order chi connectivity index (χ1) is 10.7. The van der Waals surface area contributed by atoms with E-state index in [1.165, 1.54) is 5.57 Å². The van der Waals surface area contributed by atoms with E-state index in [0.29, 0.717) is 18.3 Å². The van der Waals surface area contributed by atoms with Crippen LogP contribution in [0.2, 0.25) is 5.02 Å². The van der Waals surface area contributed by atoms with Gasteiger partial charge in [0.1, 0.15) is 5.84 Å². The summed E-state index contributed by atoms with van der Waals surface area (Å²) in [6.07, 6.45) is 3.77. The third kappa shape index (κ3) is 3.83. The number of aromatic nitrogens is 1. The average molecular weight is 340 g/mol. The van der Waals surface area contributed by atoms with Crippen LogP contribution in [0.1, 0.15) is 17.7 Å². The highest BCUT2D eigenvalue weighted by atomic mass is 35.5. The Labute approximate surface area is 139 Å². The summed E-state index contributed by atoms with van der Waals surface area (Å²) in [4.78, 5) is 7.46. The van der Waals surface area contributed by atoms with E-state index in [9.17, 15) is 0 Å². The third-order valence-electron chi connectivity index (χ3n) is 3.52. The first-order valence-electron chi connectivity index (χ1n) is 6.96. The Kier molecular flexibility index (Phi) is 5.89. The summed E-state index contributed by atoms with van der Waals surface area (Å²) in [5, 5.41) is 8.90. The number of aliphatic hydroxyl groups excluding tert-OH is 1. The van der Waals surface area contributed by atoms with Crippen LogP contribution in [0.3, 0.4) is 0 Å². The van der Waals surface area contributed by atoms with Crippen molar-refractivity contribution in [1.82, 2.24) is 4.98 Å². The van der Waals surface area contributed by atoms with E-state index in [2.05, 4.69) is 16.0 Å². The quantitative estimate of drug-likeness (QED) is 0.746. The van der Waals surface area contributed by atoms with Crippen LogP contribution in [0.15, 0.2) is 34.8 Å². The summed E-state index contributed by atoms with van der Waals surface area (Å²) in [5.74, 6) is 1.10. The van der Waals surface area contributed by atoms with E-state index in [1.807, 2.05) is 18.2 Å². The Hall–Kier alpha value is -1.49. The molecule has 6 heteroatoms. The predicted octanol–water partition coefficient (Wildman–Crippen LogP) is 3.40. The molecule has 0 atom stereocenters. The second-order valence-electron chi connectivity index (χ2n) is 5.00. The summed E-state index contributed by atoms with van der Waals surface area (Å²) < 4.78 is 0. The van der Waals surface area contributed by atoms with E-state index in [1.54, 1.807) is 0 Å². The van der Waals surface area contributed by atoms with Gasteiger partial charge in [-0.1, -0.05) is 11.6 Å². The molecule has 2 heterocycles. The molecular formula is C16H19Cl2N3O. The normalized spacial score (nSPS) is 13.6. The van der Waals surface area contributed by atoms with Crippen LogP contribution in [-0.4, -0.2) is 29.6 Å². The number of benzene rings is 1. The van der Waals surface area contributed by atoms with Gasteiger partial charge in [0.2, 0.25) is 0 Å². The monoisotopic (exact) mass is 339 g/mol. The van der Waals surface area contributed by atoms with Crippen molar-refractivity contribution < 1.29 is 5.11 Å². The van der Waals surface area contributed by atoms with Crippen molar-refractivity contribution in [3.63, 3.8) is 0 Å². The number of nitrogens with one attached hydrogen (secondary N) is 1. The summed E-state index contributed by atoms with van der Waals surface area (Å²) in [7, 11) is 1.00. The fourth-order valence-electron chi connectivity index (χ4n) is 2.46. The maximum Gasteiger partial charge on any atom is 0.118 e. The number of rotatable bonds is 4. The molecular weight excluding hydrogens is 321 g/mol. The van der Waals surface area contributed by atoms with Crippen molar-refractivity contribution in [2.45, 2.75) is 18.7 Å². The van der Waals surface area contributed by atoms with E-state index < -0.39 is 0 Å². The van der Waals surface area contributed by atoms with Crippen molar-refractivity contribution in [2.75, 3.05) is 13.7 Å². The number of aliphatic imine (C=N–C) groups is 1. The number of nitrogens with two attached hydrogens (primary N) is 1. The molecule has 0 spiro atoms. The molecule has 0 radical (unpaired) electrons. The zero-order valence-electron chi connectivity index (χ0n) is 12.4. The molecule has 1 aromatic heterocycles. The maximum absolute atomic E-state index is 7.00. The van der Waals surface area contributed by atoms with Crippen molar-refractivity contribution in [3.8, 4) is 0 Å². The first-order valence-corrected chi connectivity index (χ1v) is 7.87. The van der Waals surface area contributed by atoms with Gasteiger partial charge in [0, 0.05) is 28.7 Å². The van der Waals surface area contributed by atoms with E-state index in [4.69, 9.17) is 34.0 Å². The highest BCUT2D eigenvalue weighted by Crippen LogP contribution is 2.27. The average Bonchev–Trinajstić information content (AvgIpc) is 3.12. The van der Waals surface area contributed by atoms with Gasteiger partial charge < -0.3 is 15.8 Å². The van der Waals surface area contributed by atoms with Crippen LogP contribution in [-0.2, 0) is 12.3 Å². The number of alkyl halides is 1. The number of fused-ring (bicyclic) bond motifs is 1. The van der Waals surface area contributed by atoms with Gasteiger partial charge in [0.05, 0.1) is 12.4 Å². The molecule has 1 aromatic carbocycles. The van der Waals surface area contributed by atoms with Crippen LogP contribution >= 0.6 is 23.2 Å². The summed E-state index contributed by atoms with van der Waals surface area (Å²) in [6, 6.07) is 6.13. The topological polar surface area (TPSA) is 74.4 Å². The van der Waals surface area contributed by atoms with Gasteiger partial charge in [0.15, 0.2) is 0 Å². The Morgan fingerprint density at radius 1 is 1.27 bits per heavy atom. The lowest BCUT2D eigenvalue weighted by atomic mass is 10.0. The van der Waals surface area contributed by atoms with Gasteiger partial charge in [0.25, 0.3) is 0 Å². The first kappa shape index (κ1) is 16.9. The second-order valence-corrected chi connectivity index (χ2v) is 5.68. The zero-order valence-corrected chi connectivity index (χ0v) is 13.9. The largest absolute Gasteiger partial charge is 0.400 e. The van der Waals surface area contributed by atoms with Gasteiger partial charge in [-0.05, 0) is 48.3 Å². The standard InChI is InChI=1S/C15H15Cl2N3.CH4O/c16-7-12-4-11-5-13(17)10(6-14(11)20-12)2-1-9-3-15(18)19-8-9;1-2/h3-6,20H,1-2,7-8H2,(H2,18,19);2H,1H3. The summed E-state index contributed by atoms with van der Waals surface area (Å²) in [5.41, 5.74) is 10.1.